The molecule has 7 heteroatoms. The molecule has 1 aliphatic carbocycles. The number of hydrogen-bond donors (Lipinski definition) is 2. The van der Waals surface area contributed by atoms with E-state index in [0.717, 1.165) is 29.5 Å². The van der Waals surface area contributed by atoms with Crippen LogP contribution >= 0.6 is 0 Å². The van der Waals surface area contributed by atoms with Gasteiger partial charge in [0.25, 0.3) is 11.7 Å². The number of amides is 1. The van der Waals surface area contributed by atoms with Crippen LogP contribution in [-0.4, -0.2) is 38.6 Å². The number of carbonyl (C=O) groups is 3. The van der Waals surface area contributed by atoms with Gasteiger partial charge in [-0.05, 0) is 30.9 Å². The molecule has 1 aliphatic rings. The SMILES string of the molecule is Cc1ccccc1-c1nn(C2CC2)cc1C(=O)NC(Cc1ccccc1)C(=O)C(=O)O. The van der Waals surface area contributed by atoms with Gasteiger partial charge in [-0.1, -0.05) is 54.6 Å². The maximum Gasteiger partial charge on any atom is 0.374 e. The van der Waals surface area contributed by atoms with Gasteiger partial charge in [0.05, 0.1) is 11.6 Å². The summed E-state index contributed by atoms with van der Waals surface area (Å²) in [5.41, 5.74) is 3.42. The second-order valence-corrected chi connectivity index (χ2v) is 7.80. The van der Waals surface area contributed by atoms with Gasteiger partial charge >= 0.3 is 5.97 Å². The molecule has 0 spiro atoms. The van der Waals surface area contributed by atoms with E-state index in [1.54, 1.807) is 35.1 Å². The Bertz CT molecular complexity index is 1130. The van der Waals surface area contributed by atoms with E-state index in [-0.39, 0.29) is 12.5 Å². The van der Waals surface area contributed by atoms with Crippen molar-refractivity contribution in [3.63, 3.8) is 0 Å². The highest BCUT2D eigenvalue weighted by atomic mass is 16.4. The Labute approximate surface area is 179 Å². The summed E-state index contributed by atoms with van der Waals surface area (Å²) < 4.78 is 1.79. The number of hydrogen-bond acceptors (Lipinski definition) is 4. The molecule has 1 aromatic heterocycles. The first-order valence-corrected chi connectivity index (χ1v) is 10.2. The minimum absolute atomic E-state index is 0.0914. The predicted octanol–water partition coefficient (Wildman–Crippen LogP) is 3.19. The molecule has 158 valence electrons. The van der Waals surface area contributed by atoms with Gasteiger partial charge in [0.2, 0.25) is 0 Å². The lowest BCUT2D eigenvalue weighted by atomic mass is 10.00. The fraction of sp³-hybridized carbons (Fsp3) is 0.250. The number of nitrogens with one attached hydrogen (secondary N) is 1. The third-order valence-corrected chi connectivity index (χ3v) is 5.41. The molecule has 1 heterocycles. The molecule has 1 amide bonds. The Balaban J connectivity index is 1.66. The number of Topliss-reactive ketones (excluding diaryl/α,β-unsaturated/α-hetero) is 1. The summed E-state index contributed by atoms with van der Waals surface area (Å²) in [6, 6.07) is 15.7. The highest BCUT2D eigenvalue weighted by Crippen LogP contribution is 2.36. The number of carboxylic acids is 1. The lowest BCUT2D eigenvalue weighted by Gasteiger charge is -2.16. The number of carbonyl (C=O) groups excluding carboxylic acids is 2. The molecule has 1 atom stereocenters. The predicted molar refractivity (Wildman–Crippen MR) is 115 cm³/mol. The fourth-order valence-corrected chi connectivity index (χ4v) is 3.57. The normalized spacial score (nSPS) is 14.1. The maximum absolute atomic E-state index is 13.2. The van der Waals surface area contributed by atoms with Crippen molar-refractivity contribution in [3.05, 3.63) is 77.5 Å². The summed E-state index contributed by atoms with van der Waals surface area (Å²) in [6.07, 6.45) is 3.79. The molecule has 31 heavy (non-hydrogen) atoms. The van der Waals surface area contributed by atoms with Gasteiger partial charge in [-0.15, -0.1) is 0 Å². The first-order chi connectivity index (χ1) is 14.9. The van der Waals surface area contributed by atoms with Crippen LogP contribution in [-0.2, 0) is 16.0 Å². The molecule has 1 fully saturated rings. The third-order valence-electron chi connectivity index (χ3n) is 5.41. The average molecular weight is 417 g/mol. The van der Waals surface area contributed by atoms with E-state index in [1.165, 1.54) is 0 Å². The maximum atomic E-state index is 13.2. The number of aliphatic carboxylic acids is 1. The molecule has 2 N–H and O–H groups in total. The van der Waals surface area contributed by atoms with Crippen LogP contribution in [0.3, 0.4) is 0 Å². The number of benzene rings is 2. The second kappa shape index (κ2) is 8.55. The molecule has 0 aliphatic heterocycles. The largest absolute Gasteiger partial charge is 0.475 e. The van der Waals surface area contributed by atoms with Crippen molar-refractivity contribution in [2.24, 2.45) is 0 Å². The van der Waals surface area contributed by atoms with Crippen molar-refractivity contribution in [1.29, 1.82) is 0 Å². The summed E-state index contributed by atoms with van der Waals surface area (Å²) in [5, 5.41) is 16.5. The van der Waals surface area contributed by atoms with Crippen molar-refractivity contribution < 1.29 is 19.5 Å². The molecule has 1 saturated carbocycles. The van der Waals surface area contributed by atoms with Crippen LogP contribution in [0, 0.1) is 6.92 Å². The van der Waals surface area contributed by atoms with Crippen LogP contribution in [0.15, 0.2) is 60.8 Å². The highest BCUT2D eigenvalue weighted by molar-refractivity contribution is 6.35. The zero-order valence-corrected chi connectivity index (χ0v) is 17.1. The fourth-order valence-electron chi connectivity index (χ4n) is 3.57. The van der Waals surface area contributed by atoms with Crippen LogP contribution in [0.2, 0.25) is 0 Å². The lowest BCUT2D eigenvalue weighted by Crippen LogP contribution is -2.45. The molecule has 0 bridgehead atoms. The topological polar surface area (TPSA) is 101 Å². The number of ketones is 1. The van der Waals surface area contributed by atoms with Crippen molar-refractivity contribution in [2.75, 3.05) is 0 Å². The van der Waals surface area contributed by atoms with E-state index in [4.69, 9.17) is 0 Å². The minimum atomic E-state index is -1.57. The van der Waals surface area contributed by atoms with Crippen molar-refractivity contribution in [2.45, 2.75) is 38.3 Å². The Morgan fingerprint density at radius 1 is 1.10 bits per heavy atom. The van der Waals surface area contributed by atoms with E-state index < -0.39 is 23.7 Å². The molecular formula is C24H23N3O4. The quantitative estimate of drug-likeness (QED) is 0.548. The molecule has 2 aromatic carbocycles. The number of nitrogens with zero attached hydrogens (tertiary/aromatic N) is 2. The smallest absolute Gasteiger partial charge is 0.374 e. The Kier molecular flexibility index (Phi) is 5.66. The minimum Gasteiger partial charge on any atom is -0.475 e. The first kappa shape index (κ1) is 20.5. The van der Waals surface area contributed by atoms with E-state index in [1.807, 2.05) is 37.3 Å². The monoisotopic (exact) mass is 417 g/mol. The first-order valence-electron chi connectivity index (χ1n) is 10.2. The molecule has 7 nitrogen and oxygen atoms in total. The van der Waals surface area contributed by atoms with Crippen LogP contribution in [0.25, 0.3) is 11.3 Å². The van der Waals surface area contributed by atoms with E-state index in [2.05, 4.69) is 10.4 Å². The third kappa shape index (κ3) is 4.55. The molecule has 0 radical (unpaired) electrons. The summed E-state index contributed by atoms with van der Waals surface area (Å²) >= 11 is 0. The van der Waals surface area contributed by atoms with Crippen molar-refractivity contribution in [1.82, 2.24) is 15.1 Å². The van der Waals surface area contributed by atoms with Gasteiger partial charge in [0.1, 0.15) is 11.7 Å². The molecule has 4 rings (SSSR count). The summed E-state index contributed by atoms with van der Waals surface area (Å²) in [7, 11) is 0. The van der Waals surface area contributed by atoms with E-state index >= 15 is 0 Å². The van der Waals surface area contributed by atoms with Crippen LogP contribution < -0.4 is 5.32 Å². The number of aryl methyl sites for hydroxylation is 1. The zero-order chi connectivity index (χ0) is 22.0. The van der Waals surface area contributed by atoms with Gasteiger partial charge in [0.15, 0.2) is 0 Å². The van der Waals surface area contributed by atoms with Gasteiger partial charge in [0, 0.05) is 18.2 Å². The van der Waals surface area contributed by atoms with Crippen LogP contribution in [0.1, 0.15) is 40.4 Å². The van der Waals surface area contributed by atoms with Crippen LogP contribution in [0.4, 0.5) is 0 Å². The number of aromatic nitrogens is 2. The molecular weight excluding hydrogens is 394 g/mol. The Morgan fingerprint density at radius 3 is 2.42 bits per heavy atom. The average Bonchev–Trinajstić information content (AvgIpc) is 3.52. The van der Waals surface area contributed by atoms with Gasteiger partial charge in [-0.2, -0.15) is 5.10 Å². The summed E-state index contributed by atoms with van der Waals surface area (Å²) in [5.74, 6) is -3.14. The Hall–Kier alpha value is -3.74. The van der Waals surface area contributed by atoms with Gasteiger partial charge in [-0.3, -0.25) is 14.3 Å². The van der Waals surface area contributed by atoms with Gasteiger partial charge in [-0.25, -0.2) is 4.79 Å². The number of rotatable bonds is 8. The molecule has 3 aromatic rings. The highest BCUT2D eigenvalue weighted by Gasteiger charge is 2.31. The molecule has 1 unspecified atom stereocenters. The standard InChI is InChI=1S/C24H23N3O4/c1-15-7-5-6-10-18(15)21-19(14-27(26-21)17-11-12-17)23(29)25-20(22(28)24(30)31)13-16-8-3-2-4-9-16/h2-10,14,17,20H,11-13H2,1H3,(H,25,29)(H,30,31). The van der Waals surface area contributed by atoms with E-state index in [0.29, 0.717) is 11.3 Å². The molecule has 0 saturated heterocycles. The van der Waals surface area contributed by atoms with Crippen molar-refractivity contribution >= 4 is 17.7 Å². The Morgan fingerprint density at radius 2 is 1.77 bits per heavy atom. The van der Waals surface area contributed by atoms with Crippen LogP contribution in [0.5, 0.6) is 0 Å². The summed E-state index contributed by atoms with van der Waals surface area (Å²) in [4.78, 5) is 36.9. The lowest BCUT2D eigenvalue weighted by molar-refractivity contribution is -0.149. The summed E-state index contributed by atoms with van der Waals surface area (Å²) in [6.45, 7) is 1.94. The number of carboxylic acid groups (broad SMARTS) is 1. The van der Waals surface area contributed by atoms with E-state index in [9.17, 15) is 19.5 Å². The second-order valence-electron chi connectivity index (χ2n) is 7.80. The van der Waals surface area contributed by atoms with Gasteiger partial charge < -0.3 is 10.4 Å². The van der Waals surface area contributed by atoms with Crippen molar-refractivity contribution in [3.8, 4) is 11.3 Å². The zero-order valence-electron chi connectivity index (χ0n) is 17.1.